The summed E-state index contributed by atoms with van der Waals surface area (Å²) in [5, 5.41) is 7.10. The number of carbonyl (C=O) groups is 2. The lowest BCUT2D eigenvalue weighted by atomic mass is 10.1. The van der Waals surface area contributed by atoms with Crippen molar-refractivity contribution in [1.29, 1.82) is 0 Å². The van der Waals surface area contributed by atoms with E-state index in [0.29, 0.717) is 36.8 Å². The third kappa shape index (κ3) is 3.98. The van der Waals surface area contributed by atoms with E-state index in [2.05, 4.69) is 10.4 Å². The summed E-state index contributed by atoms with van der Waals surface area (Å²) in [7, 11) is 3.20. The average molecular weight is 406 g/mol. The predicted octanol–water partition coefficient (Wildman–Crippen LogP) is 2.81. The van der Waals surface area contributed by atoms with Gasteiger partial charge in [0, 0.05) is 24.8 Å². The van der Waals surface area contributed by atoms with Gasteiger partial charge in [0.05, 0.1) is 20.8 Å². The van der Waals surface area contributed by atoms with Crippen LogP contribution in [-0.2, 0) is 13.1 Å². The van der Waals surface area contributed by atoms with E-state index in [-0.39, 0.29) is 17.5 Å². The van der Waals surface area contributed by atoms with E-state index >= 15 is 0 Å². The number of hydrogen-bond donors (Lipinski definition) is 1. The Hall–Kier alpha value is -3.81. The molecule has 0 bridgehead atoms. The smallest absolute Gasteiger partial charge is 0.276 e. The third-order valence-corrected chi connectivity index (χ3v) is 4.98. The van der Waals surface area contributed by atoms with Gasteiger partial charge >= 0.3 is 0 Å². The van der Waals surface area contributed by atoms with E-state index < -0.39 is 0 Å². The first-order chi connectivity index (χ1) is 14.6. The first-order valence-corrected chi connectivity index (χ1v) is 9.53. The molecule has 154 valence electrons. The monoisotopic (exact) mass is 406 g/mol. The minimum Gasteiger partial charge on any atom is -0.497 e. The van der Waals surface area contributed by atoms with Gasteiger partial charge in [-0.15, -0.1) is 0 Å². The van der Waals surface area contributed by atoms with Gasteiger partial charge in [-0.3, -0.25) is 14.3 Å². The zero-order chi connectivity index (χ0) is 21.1. The second kappa shape index (κ2) is 8.28. The molecule has 0 fully saturated rings. The molecule has 1 N–H and O–H groups in total. The molecule has 0 radical (unpaired) electrons. The van der Waals surface area contributed by atoms with Crippen molar-refractivity contribution in [3.63, 3.8) is 0 Å². The van der Waals surface area contributed by atoms with Crippen LogP contribution in [0, 0.1) is 0 Å². The first kappa shape index (κ1) is 19.5. The Kier molecular flexibility index (Phi) is 5.38. The van der Waals surface area contributed by atoms with Gasteiger partial charge in [0.1, 0.15) is 17.2 Å². The molecule has 0 unspecified atom stereocenters. The predicted molar refractivity (Wildman–Crippen MR) is 111 cm³/mol. The lowest BCUT2D eigenvalue weighted by molar-refractivity contribution is 0.0683. The molecule has 0 saturated carbocycles. The molecule has 1 aromatic heterocycles. The number of nitrogens with zero attached hydrogens (tertiary/aromatic N) is 3. The van der Waals surface area contributed by atoms with Gasteiger partial charge in [-0.2, -0.15) is 5.10 Å². The zero-order valence-corrected chi connectivity index (χ0v) is 16.8. The number of fused-ring (bicyclic) bond motifs is 1. The molecule has 8 heteroatoms. The quantitative estimate of drug-likeness (QED) is 0.680. The highest BCUT2D eigenvalue weighted by Gasteiger charge is 2.28. The molecule has 0 saturated heterocycles. The topological polar surface area (TPSA) is 85.7 Å². The standard InChI is InChI=1S/C22H22N4O4/c1-29-17-7-3-15(4-8-17)14-25-11-12-26-20(22(25)28)13-19(24-26)21(27)23-16-5-9-18(30-2)10-6-16/h3-10,13H,11-12,14H2,1-2H3,(H,23,27). The van der Waals surface area contributed by atoms with Crippen LogP contribution in [0.5, 0.6) is 11.5 Å². The Morgan fingerprint density at radius 3 is 2.27 bits per heavy atom. The van der Waals surface area contributed by atoms with Gasteiger partial charge < -0.3 is 19.7 Å². The first-order valence-electron chi connectivity index (χ1n) is 9.53. The van der Waals surface area contributed by atoms with E-state index in [1.54, 1.807) is 54.1 Å². The van der Waals surface area contributed by atoms with Crippen LogP contribution in [0.3, 0.4) is 0 Å². The zero-order valence-electron chi connectivity index (χ0n) is 16.8. The van der Waals surface area contributed by atoms with Gasteiger partial charge in [0.15, 0.2) is 5.69 Å². The summed E-state index contributed by atoms with van der Waals surface area (Å²) < 4.78 is 11.9. The van der Waals surface area contributed by atoms with Crippen LogP contribution in [0.4, 0.5) is 5.69 Å². The fourth-order valence-corrected chi connectivity index (χ4v) is 3.32. The number of amides is 2. The van der Waals surface area contributed by atoms with Gasteiger partial charge in [-0.25, -0.2) is 0 Å². The van der Waals surface area contributed by atoms with Crippen LogP contribution in [0.1, 0.15) is 26.5 Å². The number of rotatable bonds is 6. The van der Waals surface area contributed by atoms with E-state index in [4.69, 9.17) is 9.47 Å². The van der Waals surface area contributed by atoms with Crippen molar-refractivity contribution in [3.05, 3.63) is 71.5 Å². The highest BCUT2D eigenvalue weighted by molar-refractivity contribution is 6.04. The number of carbonyl (C=O) groups excluding carboxylic acids is 2. The van der Waals surface area contributed by atoms with Crippen molar-refractivity contribution < 1.29 is 19.1 Å². The van der Waals surface area contributed by atoms with Gasteiger partial charge in [0.25, 0.3) is 11.8 Å². The molecule has 3 aromatic rings. The summed E-state index contributed by atoms with van der Waals surface area (Å²) in [6.45, 7) is 1.55. The largest absolute Gasteiger partial charge is 0.497 e. The fraction of sp³-hybridized carbons (Fsp3) is 0.227. The molecule has 0 spiro atoms. The van der Waals surface area contributed by atoms with Crippen LogP contribution in [0.25, 0.3) is 0 Å². The Bertz CT molecular complexity index is 1060. The molecule has 2 aromatic carbocycles. The van der Waals surface area contributed by atoms with Crippen molar-refractivity contribution in [2.45, 2.75) is 13.1 Å². The van der Waals surface area contributed by atoms with Crippen LogP contribution >= 0.6 is 0 Å². The third-order valence-electron chi connectivity index (χ3n) is 4.98. The number of aromatic nitrogens is 2. The minimum atomic E-state index is -0.364. The molecular weight excluding hydrogens is 384 g/mol. The molecule has 0 atom stereocenters. The Balaban J connectivity index is 1.45. The highest BCUT2D eigenvalue weighted by atomic mass is 16.5. The normalized spacial score (nSPS) is 13.0. The van der Waals surface area contributed by atoms with Gasteiger partial charge in [0.2, 0.25) is 0 Å². The lowest BCUT2D eigenvalue weighted by Gasteiger charge is -2.27. The minimum absolute atomic E-state index is 0.145. The summed E-state index contributed by atoms with van der Waals surface area (Å²) in [6, 6.07) is 16.2. The van der Waals surface area contributed by atoms with Gasteiger partial charge in [-0.1, -0.05) is 12.1 Å². The fourth-order valence-electron chi connectivity index (χ4n) is 3.32. The van der Waals surface area contributed by atoms with E-state index in [1.807, 2.05) is 24.3 Å². The number of ether oxygens (including phenoxy) is 2. The molecule has 2 heterocycles. The Morgan fingerprint density at radius 2 is 1.63 bits per heavy atom. The molecule has 1 aliphatic rings. The summed E-state index contributed by atoms with van der Waals surface area (Å²) in [6.07, 6.45) is 0. The van der Waals surface area contributed by atoms with Crippen molar-refractivity contribution in [3.8, 4) is 11.5 Å². The summed E-state index contributed by atoms with van der Waals surface area (Å²) >= 11 is 0. The number of methoxy groups -OCH3 is 2. The highest BCUT2D eigenvalue weighted by Crippen LogP contribution is 2.20. The van der Waals surface area contributed by atoms with Gasteiger partial charge in [-0.05, 0) is 42.0 Å². The maximum atomic E-state index is 12.9. The van der Waals surface area contributed by atoms with Crippen molar-refractivity contribution >= 4 is 17.5 Å². The maximum Gasteiger partial charge on any atom is 0.276 e. The Morgan fingerprint density at radius 1 is 1.00 bits per heavy atom. The van der Waals surface area contributed by atoms with E-state index in [1.165, 1.54) is 0 Å². The average Bonchev–Trinajstić information content (AvgIpc) is 3.22. The molecule has 2 amide bonds. The molecule has 0 aliphatic carbocycles. The van der Waals surface area contributed by atoms with Crippen molar-refractivity contribution in [2.75, 3.05) is 26.1 Å². The summed E-state index contributed by atoms with van der Waals surface area (Å²) in [5.41, 5.74) is 2.25. The van der Waals surface area contributed by atoms with Crippen molar-refractivity contribution in [1.82, 2.24) is 14.7 Å². The molecular formula is C22H22N4O4. The number of hydrogen-bond acceptors (Lipinski definition) is 5. The molecule has 8 nitrogen and oxygen atoms in total. The van der Waals surface area contributed by atoms with Crippen LogP contribution in [0.15, 0.2) is 54.6 Å². The van der Waals surface area contributed by atoms with Crippen LogP contribution in [0.2, 0.25) is 0 Å². The summed E-state index contributed by atoms with van der Waals surface area (Å²) in [4.78, 5) is 27.2. The molecule has 1 aliphatic heterocycles. The summed E-state index contributed by atoms with van der Waals surface area (Å²) in [5.74, 6) is 0.965. The van der Waals surface area contributed by atoms with Crippen molar-refractivity contribution in [2.24, 2.45) is 0 Å². The number of benzene rings is 2. The Labute approximate surface area is 174 Å². The lowest BCUT2D eigenvalue weighted by Crippen LogP contribution is -2.39. The second-order valence-corrected chi connectivity index (χ2v) is 6.90. The molecule has 4 rings (SSSR count). The number of anilines is 1. The SMILES string of the molecule is COc1ccc(CN2CCn3nc(C(=O)Nc4ccc(OC)cc4)cc3C2=O)cc1. The van der Waals surface area contributed by atoms with Crippen LogP contribution < -0.4 is 14.8 Å². The number of nitrogens with one attached hydrogen (secondary N) is 1. The maximum absolute atomic E-state index is 12.9. The van der Waals surface area contributed by atoms with E-state index in [0.717, 1.165) is 11.3 Å². The van der Waals surface area contributed by atoms with E-state index in [9.17, 15) is 9.59 Å². The second-order valence-electron chi connectivity index (χ2n) is 6.90. The van der Waals surface area contributed by atoms with Crippen LogP contribution in [-0.4, -0.2) is 47.3 Å². The molecule has 30 heavy (non-hydrogen) atoms.